The molecule has 0 atom stereocenters. The van der Waals surface area contributed by atoms with Crippen molar-refractivity contribution in [3.8, 4) is 5.75 Å². The van der Waals surface area contributed by atoms with E-state index in [9.17, 15) is 0 Å². The Balaban J connectivity index is 1.85. The first-order valence-corrected chi connectivity index (χ1v) is 6.37. The zero-order valence-electron chi connectivity index (χ0n) is 10.4. The average molecular weight is 235 g/mol. The summed E-state index contributed by atoms with van der Waals surface area (Å²) < 4.78 is 5.64. The van der Waals surface area contributed by atoms with Crippen LogP contribution in [0.5, 0.6) is 5.75 Å². The summed E-state index contributed by atoms with van der Waals surface area (Å²) in [6.45, 7) is 3.76. The third-order valence-corrected chi connectivity index (χ3v) is 3.06. The lowest BCUT2D eigenvalue weighted by Gasteiger charge is -2.32. The van der Waals surface area contributed by atoms with Crippen molar-refractivity contribution in [2.45, 2.75) is 32.2 Å². The van der Waals surface area contributed by atoms with Crippen LogP contribution in [0.1, 0.15) is 26.2 Å². The van der Waals surface area contributed by atoms with Crippen LogP contribution in [0.25, 0.3) is 0 Å². The third-order valence-electron chi connectivity index (χ3n) is 3.06. The molecule has 94 valence electrons. The molecular formula is C13H21N3O. The van der Waals surface area contributed by atoms with Crippen LogP contribution in [0, 0.1) is 5.92 Å². The highest BCUT2D eigenvalue weighted by molar-refractivity contribution is 5.49. The number of aromatic nitrogens is 1. The monoisotopic (exact) mass is 235 g/mol. The van der Waals surface area contributed by atoms with Gasteiger partial charge in [-0.1, -0.05) is 6.92 Å². The van der Waals surface area contributed by atoms with Crippen LogP contribution >= 0.6 is 0 Å². The van der Waals surface area contributed by atoms with Crippen molar-refractivity contribution in [3.05, 3.63) is 18.3 Å². The maximum absolute atomic E-state index is 5.77. The lowest BCUT2D eigenvalue weighted by molar-refractivity contribution is 0.279. The van der Waals surface area contributed by atoms with Crippen molar-refractivity contribution in [1.82, 2.24) is 4.98 Å². The minimum Gasteiger partial charge on any atom is -0.490 e. The minimum atomic E-state index is 0.404. The molecule has 0 unspecified atom stereocenters. The van der Waals surface area contributed by atoms with Gasteiger partial charge in [0, 0.05) is 18.8 Å². The van der Waals surface area contributed by atoms with E-state index in [1.54, 1.807) is 6.20 Å². The molecule has 1 saturated carbocycles. The Bertz CT molecular complexity index is 350. The van der Waals surface area contributed by atoms with Gasteiger partial charge in [0.25, 0.3) is 0 Å². The van der Waals surface area contributed by atoms with Crippen molar-refractivity contribution in [2.24, 2.45) is 11.7 Å². The van der Waals surface area contributed by atoms with Crippen LogP contribution in [-0.2, 0) is 0 Å². The van der Waals surface area contributed by atoms with E-state index in [4.69, 9.17) is 10.5 Å². The average Bonchev–Trinajstić information content (AvgIpc) is 2.31. The number of ether oxygens (including phenoxy) is 1. The molecule has 4 heteroatoms. The van der Waals surface area contributed by atoms with Crippen LogP contribution in [0.4, 0.5) is 5.82 Å². The maximum atomic E-state index is 5.77. The minimum absolute atomic E-state index is 0.404. The molecule has 4 nitrogen and oxygen atoms in total. The molecule has 0 amide bonds. The predicted molar refractivity (Wildman–Crippen MR) is 69.2 cm³/mol. The number of pyridine rings is 1. The molecule has 17 heavy (non-hydrogen) atoms. The lowest BCUT2D eigenvalue weighted by atomic mass is 9.81. The summed E-state index contributed by atoms with van der Waals surface area (Å²) in [5, 5.41) is 3.35. The van der Waals surface area contributed by atoms with Crippen LogP contribution in [-0.4, -0.2) is 24.2 Å². The van der Waals surface area contributed by atoms with Gasteiger partial charge in [-0.2, -0.15) is 0 Å². The Morgan fingerprint density at radius 2 is 2.35 bits per heavy atom. The van der Waals surface area contributed by atoms with E-state index in [0.29, 0.717) is 12.0 Å². The first kappa shape index (κ1) is 12.2. The maximum Gasteiger partial charge on any atom is 0.168 e. The Kier molecular flexibility index (Phi) is 4.20. The second-order valence-electron chi connectivity index (χ2n) is 4.68. The summed E-state index contributed by atoms with van der Waals surface area (Å²) in [5.74, 6) is 2.38. The van der Waals surface area contributed by atoms with E-state index in [0.717, 1.165) is 44.0 Å². The zero-order chi connectivity index (χ0) is 12.1. The summed E-state index contributed by atoms with van der Waals surface area (Å²) in [4.78, 5) is 4.31. The third kappa shape index (κ3) is 3.33. The molecule has 2 rings (SSSR count). The van der Waals surface area contributed by atoms with Gasteiger partial charge in [-0.05, 0) is 37.3 Å². The van der Waals surface area contributed by atoms with E-state index < -0.39 is 0 Å². The summed E-state index contributed by atoms with van der Waals surface area (Å²) in [7, 11) is 0. The van der Waals surface area contributed by atoms with Gasteiger partial charge in [-0.25, -0.2) is 4.98 Å². The number of hydrogen-bond donors (Lipinski definition) is 2. The van der Waals surface area contributed by atoms with E-state index >= 15 is 0 Å². The van der Waals surface area contributed by atoms with Crippen molar-refractivity contribution in [2.75, 3.05) is 18.5 Å². The lowest BCUT2D eigenvalue weighted by Crippen LogP contribution is -2.39. The highest BCUT2D eigenvalue weighted by Crippen LogP contribution is 2.27. The standard InChI is InChI=1S/C13H21N3O/c1-2-6-17-12-4-3-5-15-13(12)16-9-10-7-11(14)8-10/h3-5,10-11H,2,6-9,14H2,1H3,(H,15,16). The van der Waals surface area contributed by atoms with E-state index in [-0.39, 0.29) is 0 Å². The Morgan fingerprint density at radius 3 is 3.06 bits per heavy atom. The van der Waals surface area contributed by atoms with Gasteiger partial charge in [-0.3, -0.25) is 0 Å². The van der Waals surface area contributed by atoms with Crippen molar-refractivity contribution in [1.29, 1.82) is 0 Å². The molecule has 1 aromatic rings. The second kappa shape index (κ2) is 5.87. The molecule has 0 saturated heterocycles. The summed E-state index contributed by atoms with van der Waals surface area (Å²) in [6.07, 6.45) is 5.02. The Labute approximate surface area is 103 Å². The van der Waals surface area contributed by atoms with Crippen LogP contribution in [0.2, 0.25) is 0 Å². The fraction of sp³-hybridized carbons (Fsp3) is 0.615. The van der Waals surface area contributed by atoms with Crippen LogP contribution in [0.3, 0.4) is 0 Å². The molecule has 0 radical (unpaired) electrons. The molecule has 1 aliphatic carbocycles. The van der Waals surface area contributed by atoms with Crippen molar-refractivity contribution < 1.29 is 4.74 Å². The zero-order valence-corrected chi connectivity index (χ0v) is 10.4. The normalized spacial score (nSPS) is 22.9. The molecule has 1 aliphatic rings. The highest BCUT2D eigenvalue weighted by Gasteiger charge is 2.25. The van der Waals surface area contributed by atoms with Crippen molar-refractivity contribution >= 4 is 5.82 Å². The number of nitrogens with zero attached hydrogens (tertiary/aromatic N) is 1. The second-order valence-corrected chi connectivity index (χ2v) is 4.68. The molecule has 0 aromatic carbocycles. The van der Waals surface area contributed by atoms with Gasteiger partial charge >= 0.3 is 0 Å². The van der Waals surface area contributed by atoms with Gasteiger partial charge in [0.05, 0.1) is 6.61 Å². The first-order valence-electron chi connectivity index (χ1n) is 6.37. The van der Waals surface area contributed by atoms with Gasteiger partial charge in [0.2, 0.25) is 0 Å². The fourth-order valence-electron chi connectivity index (χ4n) is 2.05. The van der Waals surface area contributed by atoms with Gasteiger partial charge in [-0.15, -0.1) is 0 Å². The predicted octanol–water partition coefficient (Wildman–Crippen LogP) is 2.02. The fourth-order valence-corrected chi connectivity index (χ4v) is 2.05. The number of rotatable bonds is 6. The number of nitrogens with two attached hydrogens (primary N) is 1. The molecule has 3 N–H and O–H groups in total. The van der Waals surface area contributed by atoms with Crippen molar-refractivity contribution in [3.63, 3.8) is 0 Å². The summed E-state index contributed by atoms with van der Waals surface area (Å²) >= 11 is 0. The van der Waals surface area contributed by atoms with Gasteiger partial charge in [0.15, 0.2) is 11.6 Å². The topological polar surface area (TPSA) is 60.2 Å². The SMILES string of the molecule is CCCOc1cccnc1NCC1CC(N)C1. The van der Waals surface area contributed by atoms with E-state index in [1.165, 1.54) is 0 Å². The van der Waals surface area contributed by atoms with Gasteiger partial charge < -0.3 is 15.8 Å². The molecule has 0 spiro atoms. The van der Waals surface area contributed by atoms with E-state index in [1.807, 2.05) is 12.1 Å². The number of nitrogens with one attached hydrogen (secondary N) is 1. The first-order chi connectivity index (χ1) is 8.29. The molecule has 1 heterocycles. The Morgan fingerprint density at radius 1 is 1.53 bits per heavy atom. The molecule has 0 aliphatic heterocycles. The molecular weight excluding hydrogens is 214 g/mol. The van der Waals surface area contributed by atoms with Crippen LogP contribution < -0.4 is 15.8 Å². The van der Waals surface area contributed by atoms with Gasteiger partial charge in [0.1, 0.15) is 0 Å². The molecule has 1 aromatic heterocycles. The highest BCUT2D eigenvalue weighted by atomic mass is 16.5. The summed E-state index contributed by atoms with van der Waals surface area (Å²) in [5.41, 5.74) is 5.77. The number of anilines is 1. The molecule has 0 bridgehead atoms. The summed E-state index contributed by atoms with van der Waals surface area (Å²) in [6, 6.07) is 4.26. The quantitative estimate of drug-likeness (QED) is 0.792. The number of hydrogen-bond acceptors (Lipinski definition) is 4. The molecule has 1 fully saturated rings. The Hall–Kier alpha value is -1.29. The largest absolute Gasteiger partial charge is 0.490 e. The van der Waals surface area contributed by atoms with Crippen LogP contribution in [0.15, 0.2) is 18.3 Å². The van der Waals surface area contributed by atoms with E-state index in [2.05, 4.69) is 17.2 Å². The smallest absolute Gasteiger partial charge is 0.168 e.